The van der Waals surface area contributed by atoms with E-state index in [-0.39, 0.29) is 18.4 Å². The first-order chi connectivity index (χ1) is 9.81. The van der Waals surface area contributed by atoms with Gasteiger partial charge in [0.25, 0.3) is 0 Å². The number of carbonyl (C=O) groups excluding carboxylic acids is 1. The average molecular weight is 270 g/mol. The maximum absolute atomic E-state index is 12.1. The lowest BCUT2D eigenvalue weighted by molar-refractivity contribution is -0.127. The molecule has 1 fully saturated rings. The predicted octanol–water partition coefficient (Wildman–Crippen LogP) is 3.07. The highest BCUT2D eigenvalue weighted by Crippen LogP contribution is 2.33. The molecule has 0 radical (unpaired) electrons. The van der Waals surface area contributed by atoms with E-state index in [1.807, 2.05) is 12.1 Å². The molecule has 0 aromatic heterocycles. The van der Waals surface area contributed by atoms with Crippen molar-refractivity contribution >= 4 is 5.91 Å². The third-order valence-electron chi connectivity index (χ3n) is 4.23. The monoisotopic (exact) mass is 270 g/mol. The van der Waals surface area contributed by atoms with Gasteiger partial charge in [-0.3, -0.25) is 4.79 Å². The van der Waals surface area contributed by atoms with Gasteiger partial charge < -0.3 is 5.32 Å². The number of hydrogen-bond acceptors (Lipinski definition) is 2. The Morgan fingerprint density at radius 3 is 2.75 bits per heavy atom. The van der Waals surface area contributed by atoms with Gasteiger partial charge in [0.15, 0.2) is 0 Å². The molecule has 2 atom stereocenters. The standard InChI is InChI=1S/C17H22N2O/c18-12-13-19-17(20)16-9-5-4-8-15(16)11-10-14-6-2-1-3-7-14/h1-3,6-7,15-16H,4-5,8-11,13H2,(H,19,20)/t15-,16+/m0/s1. The van der Waals surface area contributed by atoms with Crippen molar-refractivity contribution in [3.63, 3.8) is 0 Å². The largest absolute Gasteiger partial charge is 0.343 e. The second kappa shape index (κ2) is 7.69. The molecule has 0 aliphatic heterocycles. The molecule has 1 aromatic carbocycles. The first-order valence-corrected chi connectivity index (χ1v) is 7.50. The van der Waals surface area contributed by atoms with E-state index in [0.717, 1.165) is 32.1 Å². The molecule has 20 heavy (non-hydrogen) atoms. The van der Waals surface area contributed by atoms with Gasteiger partial charge >= 0.3 is 0 Å². The van der Waals surface area contributed by atoms with Crippen LogP contribution < -0.4 is 5.32 Å². The predicted molar refractivity (Wildman–Crippen MR) is 78.8 cm³/mol. The summed E-state index contributed by atoms with van der Waals surface area (Å²) in [6.07, 6.45) is 6.56. The molecule has 1 amide bonds. The summed E-state index contributed by atoms with van der Waals surface area (Å²) in [5.41, 5.74) is 1.34. The zero-order valence-corrected chi connectivity index (χ0v) is 11.8. The Bertz CT molecular complexity index is 464. The van der Waals surface area contributed by atoms with Crippen molar-refractivity contribution < 1.29 is 4.79 Å². The number of nitrogens with zero attached hydrogens (tertiary/aromatic N) is 1. The van der Waals surface area contributed by atoms with Crippen molar-refractivity contribution in [1.82, 2.24) is 5.32 Å². The van der Waals surface area contributed by atoms with Gasteiger partial charge in [0.2, 0.25) is 5.91 Å². The number of nitriles is 1. The summed E-state index contributed by atoms with van der Waals surface area (Å²) < 4.78 is 0. The highest BCUT2D eigenvalue weighted by molar-refractivity contribution is 5.79. The number of amides is 1. The minimum absolute atomic E-state index is 0.0734. The van der Waals surface area contributed by atoms with Crippen molar-refractivity contribution in [2.24, 2.45) is 11.8 Å². The number of carbonyl (C=O) groups is 1. The third-order valence-corrected chi connectivity index (χ3v) is 4.23. The van der Waals surface area contributed by atoms with Crippen LogP contribution in [0.3, 0.4) is 0 Å². The van der Waals surface area contributed by atoms with Crippen LogP contribution in [-0.4, -0.2) is 12.5 Å². The zero-order valence-electron chi connectivity index (χ0n) is 11.8. The van der Waals surface area contributed by atoms with Crippen molar-refractivity contribution in [3.8, 4) is 6.07 Å². The molecule has 0 bridgehead atoms. The molecule has 3 nitrogen and oxygen atoms in total. The fourth-order valence-corrected chi connectivity index (χ4v) is 3.15. The number of rotatable bonds is 5. The van der Waals surface area contributed by atoms with Crippen LogP contribution in [0.25, 0.3) is 0 Å². The van der Waals surface area contributed by atoms with Crippen LogP contribution in [0.15, 0.2) is 30.3 Å². The van der Waals surface area contributed by atoms with Crippen LogP contribution >= 0.6 is 0 Å². The fourth-order valence-electron chi connectivity index (χ4n) is 3.15. The van der Waals surface area contributed by atoms with Crippen molar-refractivity contribution in [1.29, 1.82) is 5.26 Å². The van der Waals surface area contributed by atoms with E-state index in [9.17, 15) is 4.79 Å². The Morgan fingerprint density at radius 1 is 1.25 bits per heavy atom. The van der Waals surface area contributed by atoms with E-state index >= 15 is 0 Å². The van der Waals surface area contributed by atoms with Gasteiger partial charge in [-0.25, -0.2) is 0 Å². The van der Waals surface area contributed by atoms with Crippen LogP contribution in [0, 0.1) is 23.2 Å². The number of nitrogens with one attached hydrogen (secondary N) is 1. The Hall–Kier alpha value is -1.82. The lowest BCUT2D eigenvalue weighted by Crippen LogP contribution is -2.37. The lowest BCUT2D eigenvalue weighted by atomic mass is 9.76. The van der Waals surface area contributed by atoms with Crippen LogP contribution in [-0.2, 0) is 11.2 Å². The summed E-state index contributed by atoms with van der Waals surface area (Å²) in [5.74, 6) is 0.632. The molecule has 0 unspecified atom stereocenters. The molecular weight excluding hydrogens is 248 g/mol. The van der Waals surface area contributed by atoms with Gasteiger partial charge in [-0.05, 0) is 37.2 Å². The van der Waals surface area contributed by atoms with E-state index in [0.29, 0.717) is 5.92 Å². The van der Waals surface area contributed by atoms with Gasteiger partial charge in [0.1, 0.15) is 6.54 Å². The zero-order chi connectivity index (χ0) is 14.2. The highest BCUT2D eigenvalue weighted by Gasteiger charge is 2.30. The molecule has 2 rings (SSSR count). The van der Waals surface area contributed by atoms with E-state index in [4.69, 9.17) is 5.26 Å². The molecule has 0 saturated heterocycles. The molecule has 1 N–H and O–H groups in total. The summed E-state index contributed by atoms with van der Waals surface area (Å²) in [4.78, 5) is 12.1. The van der Waals surface area contributed by atoms with Crippen LogP contribution in [0.2, 0.25) is 0 Å². The van der Waals surface area contributed by atoms with Crippen molar-refractivity contribution in [2.75, 3.05) is 6.54 Å². The normalized spacial score (nSPS) is 21.9. The molecule has 3 heteroatoms. The van der Waals surface area contributed by atoms with Crippen LogP contribution in [0.1, 0.15) is 37.7 Å². The second-order valence-corrected chi connectivity index (χ2v) is 5.55. The highest BCUT2D eigenvalue weighted by atomic mass is 16.1. The fraction of sp³-hybridized carbons (Fsp3) is 0.529. The van der Waals surface area contributed by atoms with Gasteiger partial charge in [-0.2, -0.15) is 5.26 Å². The molecule has 1 aromatic rings. The van der Waals surface area contributed by atoms with Gasteiger partial charge in [0.05, 0.1) is 6.07 Å². The summed E-state index contributed by atoms with van der Waals surface area (Å²) in [5, 5.41) is 11.3. The summed E-state index contributed by atoms with van der Waals surface area (Å²) >= 11 is 0. The Kier molecular flexibility index (Phi) is 5.61. The maximum atomic E-state index is 12.1. The smallest absolute Gasteiger partial charge is 0.224 e. The molecule has 106 valence electrons. The number of benzene rings is 1. The summed E-state index contributed by atoms with van der Waals surface area (Å²) in [7, 11) is 0. The summed E-state index contributed by atoms with van der Waals surface area (Å²) in [6.45, 7) is 0.126. The molecule has 0 spiro atoms. The molecule has 1 aliphatic rings. The Morgan fingerprint density at radius 2 is 2.00 bits per heavy atom. The van der Waals surface area contributed by atoms with Crippen LogP contribution in [0.5, 0.6) is 0 Å². The SMILES string of the molecule is N#CCNC(=O)[C@@H]1CCCC[C@H]1CCc1ccccc1. The van der Waals surface area contributed by atoms with E-state index in [2.05, 4.69) is 29.6 Å². The lowest BCUT2D eigenvalue weighted by Gasteiger charge is -2.30. The minimum Gasteiger partial charge on any atom is -0.343 e. The number of aryl methyl sites for hydroxylation is 1. The average Bonchev–Trinajstić information content (AvgIpc) is 2.52. The molecule has 1 aliphatic carbocycles. The van der Waals surface area contributed by atoms with Gasteiger partial charge in [0, 0.05) is 5.92 Å². The van der Waals surface area contributed by atoms with Crippen molar-refractivity contribution in [3.05, 3.63) is 35.9 Å². The first kappa shape index (κ1) is 14.6. The van der Waals surface area contributed by atoms with Crippen molar-refractivity contribution in [2.45, 2.75) is 38.5 Å². The van der Waals surface area contributed by atoms with E-state index in [1.54, 1.807) is 0 Å². The first-order valence-electron chi connectivity index (χ1n) is 7.50. The third kappa shape index (κ3) is 4.09. The Labute approximate surface area is 121 Å². The minimum atomic E-state index is 0.0734. The second-order valence-electron chi connectivity index (χ2n) is 5.55. The number of hydrogen-bond donors (Lipinski definition) is 1. The van der Waals surface area contributed by atoms with E-state index in [1.165, 1.54) is 12.0 Å². The summed E-state index contributed by atoms with van der Waals surface area (Å²) in [6, 6.07) is 12.4. The molecule has 1 saturated carbocycles. The molecule has 0 heterocycles. The van der Waals surface area contributed by atoms with Crippen LogP contribution in [0.4, 0.5) is 0 Å². The topological polar surface area (TPSA) is 52.9 Å². The maximum Gasteiger partial charge on any atom is 0.224 e. The quantitative estimate of drug-likeness (QED) is 0.836. The Balaban J connectivity index is 1.90. The van der Waals surface area contributed by atoms with Gasteiger partial charge in [-0.15, -0.1) is 0 Å². The van der Waals surface area contributed by atoms with Gasteiger partial charge in [-0.1, -0.05) is 43.2 Å². The van der Waals surface area contributed by atoms with E-state index < -0.39 is 0 Å². The molecular formula is C17H22N2O.